The second-order valence-electron chi connectivity index (χ2n) is 3.28. The maximum Gasteiger partial charge on any atom is 0.277 e. The molecule has 0 atom stereocenters. The summed E-state index contributed by atoms with van der Waals surface area (Å²) in [6.07, 6.45) is 0. The lowest BCUT2D eigenvalue weighted by atomic mass is 10.3. The summed E-state index contributed by atoms with van der Waals surface area (Å²) in [5.74, 6) is 0.333. The summed E-state index contributed by atoms with van der Waals surface area (Å²) < 4.78 is 5.79. The molecule has 0 aliphatic carbocycles. The van der Waals surface area contributed by atoms with Crippen LogP contribution in [0.1, 0.15) is 16.2 Å². The summed E-state index contributed by atoms with van der Waals surface area (Å²) in [7, 11) is 0. The molecule has 0 radical (unpaired) electrons. The van der Waals surface area contributed by atoms with Crippen molar-refractivity contribution < 1.29 is 9.32 Å². The quantitative estimate of drug-likeness (QED) is 0.920. The Kier molecular flexibility index (Phi) is 3.05. The van der Waals surface area contributed by atoms with E-state index in [2.05, 4.69) is 26.4 Å². The highest BCUT2D eigenvalue weighted by atomic mass is 79.9. The van der Waals surface area contributed by atoms with Gasteiger partial charge in [-0.15, -0.1) is 0 Å². The van der Waals surface area contributed by atoms with Gasteiger partial charge in [0, 0.05) is 16.2 Å². The predicted octanol–water partition coefficient (Wildman–Crippen LogP) is 3.00. The van der Waals surface area contributed by atoms with Gasteiger partial charge in [0.1, 0.15) is 5.76 Å². The van der Waals surface area contributed by atoms with Crippen molar-refractivity contribution in [1.29, 1.82) is 0 Å². The minimum absolute atomic E-state index is 0.278. The number of nitrogens with zero attached hydrogens (tertiary/aromatic N) is 1. The van der Waals surface area contributed by atoms with Crippen molar-refractivity contribution in [2.75, 3.05) is 5.32 Å². The average molecular weight is 281 g/mol. The van der Waals surface area contributed by atoms with Crippen molar-refractivity contribution in [3.8, 4) is 0 Å². The van der Waals surface area contributed by atoms with Gasteiger partial charge in [0.15, 0.2) is 5.69 Å². The number of carbonyl (C=O) groups excluding carboxylic acids is 1. The van der Waals surface area contributed by atoms with Crippen LogP contribution in [0.5, 0.6) is 0 Å². The van der Waals surface area contributed by atoms with E-state index >= 15 is 0 Å². The molecule has 0 bridgehead atoms. The van der Waals surface area contributed by atoms with Gasteiger partial charge >= 0.3 is 0 Å². The summed E-state index contributed by atoms with van der Waals surface area (Å²) in [6, 6.07) is 8.89. The number of aryl methyl sites for hydroxylation is 1. The van der Waals surface area contributed by atoms with Crippen LogP contribution < -0.4 is 5.32 Å². The first-order chi connectivity index (χ1) is 7.65. The molecule has 1 aromatic carbocycles. The first-order valence-corrected chi connectivity index (χ1v) is 5.45. The lowest BCUT2D eigenvalue weighted by Crippen LogP contribution is -2.11. The summed E-state index contributed by atoms with van der Waals surface area (Å²) in [4.78, 5) is 11.7. The Labute approximate surface area is 101 Å². The molecule has 0 unspecified atom stereocenters. The van der Waals surface area contributed by atoms with E-state index in [1.807, 2.05) is 12.1 Å². The highest BCUT2D eigenvalue weighted by Gasteiger charge is 2.10. The van der Waals surface area contributed by atoms with Crippen molar-refractivity contribution in [2.45, 2.75) is 6.92 Å². The lowest BCUT2D eigenvalue weighted by molar-refractivity contribution is 0.101. The number of benzene rings is 1. The van der Waals surface area contributed by atoms with Crippen molar-refractivity contribution in [3.05, 3.63) is 46.3 Å². The predicted molar refractivity (Wildman–Crippen MR) is 63.3 cm³/mol. The molecule has 0 aliphatic rings. The standard InChI is InChI=1S/C11H9BrN2O2/c1-7-6-10(14-16-7)11(15)13-9-4-2-8(12)3-5-9/h2-6H,1H3,(H,13,15). The van der Waals surface area contributed by atoms with Crippen LogP contribution in [-0.4, -0.2) is 11.1 Å². The number of halogens is 1. The van der Waals surface area contributed by atoms with Crippen LogP contribution in [-0.2, 0) is 0 Å². The van der Waals surface area contributed by atoms with Crippen LogP contribution in [0, 0.1) is 6.92 Å². The Bertz CT molecular complexity index is 505. The van der Waals surface area contributed by atoms with E-state index in [-0.39, 0.29) is 11.6 Å². The minimum Gasteiger partial charge on any atom is -0.361 e. The molecule has 0 fully saturated rings. The Morgan fingerprint density at radius 3 is 2.62 bits per heavy atom. The monoisotopic (exact) mass is 280 g/mol. The summed E-state index contributed by atoms with van der Waals surface area (Å²) in [5.41, 5.74) is 0.995. The van der Waals surface area contributed by atoms with Crippen molar-refractivity contribution >= 4 is 27.5 Å². The topological polar surface area (TPSA) is 55.1 Å². The number of anilines is 1. The molecule has 1 amide bonds. The molecule has 2 rings (SSSR count). The molecule has 5 heteroatoms. The van der Waals surface area contributed by atoms with Crippen LogP contribution in [0.4, 0.5) is 5.69 Å². The SMILES string of the molecule is Cc1cc(C(=O)Nc2ccc(Br)cc2)no1. The second-order valence-corrected chi connectivity index (χ2v) is 4.20. The first-order valence-electron chi connectivity index (χ1n) is 4.65. The van der Waals surface area contributed by atoms with Gasteiger partial charge in [0.25, 0.3) is 5.91 Å². The second kappa shape index (κ2) is 4.49. The normalized spacial score (nSPS) is 10.1. The van der Waals surface area contributed by atoms with E-state index in [9.17, 15) is 4.79 Å². The number of nitrogens with one attached hydrogen (secondary N) is 1. The molecule has 0 saturated heterocycles. The smallest absolute Gasteiger partial charge is 0.277 e. The number of hydrogen-bond donors (Lipinski definition) is 1. The third-order valence-electron chi connectivity index (χ3n) is 1.96. The van der Waals surface area contributed by atoms with E-state index in [4.69, 9.17) is 4.52 Å². The lowest BCUT2D eigenvalue weighted by Gasteiger charge is -2.01. The molecule has 1 heterocycles. The fraction of sp³-hybridized carbons (Fsp3) is 0.0909. The largest absolute Gasteiger partial charge is 0.361 e. The molecule has 0 aliphatic heterocycles. The third kappa shape index (κ3) is 2.49. The van der Waals surface area contributed by atoms with Crippen molar-refractivity contribution in [2.24, 2.45) is 0 Å². The van der Waals surface area contributed by atoms with Gasteiger partial charge in [-0.1, -0.05) is 21.1 Å². The Morgan fingerprint density at radius 2 is 2.06 bits per heavy atom. The highest BCUT2D eigenvalue weighted by Crippen LogP contribution is 2.15. The van der Waals surface area contributed by atoms with Crippen LogP contribution in [0.25, 0.3) is 0 Å². The molecule has 2 aromatic rings. The molecule has 1 aromatic heterocycles. The molecule has 0 spiro atoms. The van der Waals surface area contributed by atoms with Crippen LogP contribution in [0.3, 0.4) is 0 Å². The molecular formula is C11H9BrN2O2. The van der Waals surface area contributed by atoms with Gasteiger partial charge in [0.05, 0.1) is 0 Å². The van der Waals surface area contributed by atoms with Gasteiger partial charge in [-0.25, -0.2) is 0 Å². The summed E-state index contributed by atoms with van der Waals surface area (Å²) in [5, 5.41) is 6.35. The average Bonchev–Trinajstić information content (AvgIpc) is 2.68. The molecule has 4 nitrogen and oxygen atoms in total. The van der Waals surface area contributed by atoms with Crippen LogP contribution >= 0.6 is 15.9 Å². The van der Waals surface area contributed by atoms with E-state index in [1.54, 1.807) is 25.1 Å². The van der Waals surface area contributed by atoms with Crippen molar-refractivity contribution in [1.82, 2.24) is 5.16 Å². The molecule has 1 N–H and O–H groups in total. The fourth-order valence-corrected chi connectivity index (χ4v) is 1.47. The number of hydrogen-bond acceptors (Lipinski definition) is 3. The number of carbonyl (C=O) groups is 1. The third-order valence-corrected chi connectivity index (χ3v) is 2.49. The summed E-state index contributed by atoms with van der Waals surface area (Å²) in [6.45, 7) is 1.74. The first kappa shape index (κ1) is 10.9. The van der Waals surface area contributed by atoms with E-state index in [1.165, 1.54) is 0 Å². The Hall–Kier alpha value is -1.62. The van der Waals surface area contributed by atoms with Gasteiger partial charge in [-0.05, 0) is 31.2 Å². The molecular weight excluding hydrogens is 272 g/mol. The van der Waals surface area contributed by atoms with Gasteiger partial charge in [-0.2, -0.15) is 0 Å². The van der Waals surface area contributed by atoms with E-state index < -0.39 is 0 Å². The van der Waals surface area contributed by atoms with Crippen LogP contribution in [0.2, 0.25) is 0 Å². The highest BCUT2D eigenvalue weighted by molar-refractivity contribution is 9.10. The number of amides is 1. The Morgan fingerprint density at radius 1 is 1.38 bits per heavy atom. The zero-order chi connectivity index (χ0) is 11.5. The molecule has 0 saturated carbocycles. The maximum absolute atomic E-state index is 11.7. The summed E-state index contributed by atoms with van der Waals surface area (Å²) >= 11 is 3.32. The van der Waals surface area contributed by atoms with Crippen LogP contribution in [0.15, 0.2) is 39.3 Å². The minimum atomic E-state index is -0.279. The molecule has 82 valence electrons. The van der Waals surface area contributed by atoms with Gasteiger partial charge < -0.3 is 9.84 Å². The van der Waals surface area contributed by atoms with Gasteiger partial charge in [0.2, 0.25) is 0 Å². The Balaban J connectivity index is 2.10. The number of aromatic nitrogens is 1. The number of rotatable bonds is 2. The molecule has 16 heavy (non-hydrogen) atoms. The van der Waals surface area contributed by atoms with E-state index in [0.29, 0.717) is 11.4 Å². The van der Waals surface area contributed by atoms with Gasteiger partial charge in [-0.3, -0.25) is 4.79 Å². The maximum atomic E-state index is 11.7. The van der Waals surface area contributed by atoms with Crippen molar-refractivity contribution in [3.63, 3.8) is 0 Å². The zero-order valence-electron chi connectivity index (χ0n) is 8.53. The fourth-order valence-electron chi connectivity index (χ4n) is 1.20. The zero-order valence-corrected chi connectivity index (χ0v) is 10.1. The van der Waals surface area contributed by atoms with E-state index in [0.717, 1.165) is 4.47 Å².